The van der Waals surface area contributed by atoms with E-state index in [1.807, 2.05) is 11.3 Å². The predicted molar refractivity (Wildman–Crippen MR) is 147 cm³/mol. The second-order valence-corrected chi connectivity index (χ2v) is 9.94. The monoisotopic (exact) mass is 505 g/mol. The Morgan fingerprint density at radius 1 is 0.515 bits per heavy atom. The molecule has 158 valence electrons. The summed E-state index contributed by atoms with van der Waals surface area (Å²) in [6.45, 7) is 0. The van der Waals surface area contributed by atoms with Crippen LogP contribution in [0.3, 0.4) is 0 Å². The van der Waals surface area contributed by atoms with Gasteiger partial charge in [-0.05, 0) is 65.7 Å². The van der Waals surface area contributed by atoms with Gasteiger partial charge < -0.3 is 4.90 Å². The van der Waals surface area contributed by atoms with Crippen LogP contribution in [-0.2, 0) is 0 Å². The van der Waals surface area contributed by atoms with Crippen LogP contribution in [0, 0.1) is 0 Å². The molecule has 0 N–H and O–H groups in total. The van der Waals surface area contributed by atoms with E-state index in [2.05, 4.69) is 142 Å². The predicted octanol–water partition coefficient (Wildman–Crippen LogP) is 9.95. The summed E-state index contributed by atoms with van der Waals surface area (Å²) >= 11 is 5.43. The van der Waals surface area contributed by atoms with E-state index in [0.29, 0.717) is 0 Å². The highest BCUT2D eigenvalue weighted by Crippen LogP contribution is 2.41. The molecule has 0 spiro atoms. The lowest BCUT2D eigenvalue weighted by Gasteiger charge is -2.25. The fraction of sp³-hybridized carbons (Fsp3) is 0. The quantitative estimate of drug-likeness (QED) is 0.230. The second kappa shape index (κ2) is 8.51. The van der Waals surface area contributed by atoms with Crippen molar-refractivity contribution in [3.05, 3.63) is 126 Å². The van der Waals surface area contributed by atoms with E-state index >= 15 is 0 Å². The Bertz CT molecular complexity index is 1550. The molecule has 0 radical (unpaired) electrons. The van der Waals surface area contributed by atoms with E-state index in [-0.39, 0.29) is 0 Å². The number of halogens is 1. The molecule has 0 atom stereocenters. The standard InChI is InChI=1S/C30H20BrNS/c31-22-15-19-25(20-16-22)32(23-7-2-1-3-8-23)24-17-13-21(14-18-24)26-10-6-11-28-27-9-4-5-12-29(27)33-30(26)28/h1-20H. The van der Waals surface area contributed by atoms with Crippen molar-refractivity contribution in [2.45, 2.75) is 0 Å². The maximum absolute atomic E-state index is 3.56. The van der Waals surface area contributed by atoms with Crippen LogP contribution >= 0.6 is 27.3 Å². The molecule has 0 bridgehead atoms. The SMILES string of the molecule is Brc1ccc(N(c2ccccc2)c2ccc(-c3cccc4c3sc3ccccc34)cc2)cc1. The van der Waals surface area contributed by atoms with Gasteiger partial charge in [-0.25, -0.2) is 0 Å². The van der Waals surface area contributed by atoms with Gasteiger partial charge in [-0.1, -0.05) is 82.7 Å². The molecule has 33 heavy (non-hydrogen) atoms. The highest BCUT2D eigenvalue weighted by molar-refractivity contribution is 9.10. The molecule has 0 aliphatic heterocycles. The molecule has 1 nitrogen and oxygen atoms in total. The number of hydrogen-bond donors (Lipinski definition) is 0. The highest BCUT2D eigenvalue weighted by Gasteiger charge is 2.14. The van der Waals surface area contributed by atoms with Crippen molar-refractivity contribution in [2.75, 3.05) is 4.90 Å². The van der Waals surface area contributed by atoms with Crippen LogP contribution in [-0.4, -0.2) is 0 Å². The number of thiophene rings is 1. The molecule has 6 rings (SSSR count). The third-order valence-electron chi connectivity index (χ3n) is 5.94. The van der Waals surface area contributed by atoms with E-state index in [9.17, 15) is 0 Å². The van der Waals surface area contributed by atoms with Crippen molar-refractivity contribution in [3.63, 3.8) is 0 Å². The van der Waals surface area contributed by atoms with E-state index in [1.54, 1.807) is 0 Å². The molecule has 1 aromatic heterocycles. The smallest absolute Gasteiger partial charge is 0.0462 e. The molecule has 0 aliphatic carbocycles. The van der Waals surface area contributed by atoms with Crippen LogP contribution in [0.15, 0.2) is 126 Å². The van der Waals surface area contributed by atoms with Crippen LogP contribution in [0.4, 0.5) is 17.1 Å². The Labute approximate surface area is 205 Å². The number of benzene rings is 5. The van der Waals surface area contributed by atoms with Gasteiger partial charge in [-0.2, -0.15) is 0 Å². The Hall–Kier alpha value is -3.40. The summed E-state index contributed by atoms with van der Waals surface area (Å²) in [5, 5.41) is 2.67. The highest BCUT2D eigenvalue weighted by atomic mass is 79.9. The molecule has 0 aliphatic rings. The van der Waals surface area contributed by atoms with Crippen molar-refractivity contribution in [1.82, 2.24) is 0 Å². The summed E-state index contributed by atoms with van der Waals surface area (Å²) in [5.74, 6) is 0. The first-order valence-corrected chi connectivity index (χ1v) is 12.5. The van der Waals surface area contributed by atoms with E-state index < -0.39 is 0 Å². The lowest BCUT2D eigenvalue weighted by atomic mass is 10.0. The summed E-state index contributed by atoms with van der Waals surface area (Å²) in [7, 11) is 0. The Kier molecular flexibility index (Phi) is 5.21. The molecule has 6 aromatic rings. The zero-order valence-corrected chi connectivity index (χ0v) is 20.2. The van der Waals surface area contributed by atoms with Gasteiger partial charge in [-0.15, -0.1) is 11.3 Å². The number of rotatable bonds is 4. The van der Waals surface area contributed by atoms with Crippen LogP contribution in [0.2, 0.25) is 0 Å². The van der Waals surface area contributed by atoms with Crippen LogP contribution < -0.4 is 4.90 Å². The van der Waals surface area contributed by atoms with Gasteiger partial charge in [0, 0.05) is 41.7 Å². The van der Waals surface area contributed by atoms with Gasteiger partial charge >= 0.3 is 0 Å². The minimum atomic E-state index is 1.08. The lowest BCUT2D eigenvalue weighted by molar-refractivity contribution is 1.28. The third-order valence-corrected chi connectivity index (χ3v) is 7.69. The largest absolute Gasteiger partial charge is 0.311 e. The van der Waals surface area contributed by atoms with Crippen molar-refractivity contribution in [2.24, 2.45) is 0 Å². The van der Waals surface area contributed by atoms with Crippen molar-refractivity contribution in [1.29, 1.82) is 0 Å². The normalized spacial score (nSPS) is 11.2. The van der Waals surface area contributed by atoms with Gasteiger partial charge in [0.1, 0.15) is 0 Å². The topological polar surface area (TPSA) is 3.24 Å². The van der Waals surface area contributed by atoms with Crippen LogP contribution in [0.1, 0.15) is 0 Å². The molecule has 5 aromatic carbocycles. The van der Waals surface area contributed by atoms with Gasteiger partial charge in [0.15, 0.2) is 0 Å². The van der Waals surface area contributed by atoms with Crippen molar-refractivity contribution in [3.8, 4) is 11.1 Å². The number of anilines is 3. The average molecular weight is 506 g/mol. The summed E-state index contributed by atoms with van der Waals surface area (Å²) in [4.78, 5) is 2.29. The van der Waals surface area contributed by atoms with Gasteiger partial charge in [-0.3, -0.25) is 0 Å². The zero-order chi connectivity index (χ0) is 22.2. The Balaban J connectivity index is 1.45. The fourth-order valence-corrected chi connectivity index (χ4v) is 5.88. The molecule has 0 saturated carbocycles. The lowest BCUT2D eigenvalue weighted by Crippen LogP contribution is -2.09. The Morgan fingerprint density at radius 3 is 1.88 bits per heavy atom. The first-order chi connectivity index (χ1) is 16.3. The number of hydrogen-bond acceptors (Lipinski definition) is 2. The fourth-order valence-electron chi connectivity index (χ4n) is 4.38. The Morgan fingerprint density at radius 2 is 1.12 bits per heavy atom. The first-order valence-electron chi connectivity index (χ1n) is 10.9. The van der Waals surface area contributed by atoms with Crippen LogP contribution in [0.25, 0.3) is 31.3 Å². The molecule has 0 unspecified atom stereocenters. The zero-order valence-electron chi connectivity index (χ0n) is 17.8. The van der Waals surface area contributed by atoms with Gasteiger partial charge in [0.05, 0.1) is 0 Å². The summed E-state index contributed by atoms with van der Waals surface area (Å²) in [5.41, 5.74) is 5.92. The molecule has 3 heteroatoms. The minimum absolute atomic E-state index is 1.08. The molecule has 0 saturated heterocycles. The molecule has 1 heterocycles. The maximum atomic E-state index is 3.56. The summed E-state index contributed by atoms with van der Waals surface area (Å²) in [6, 6.07) is 43.2. The third kappa shape index (κ3) is 3.74. The van der Waals surface area contributed by atoms with E-state index in [1.165, 1.54) is 31.3 Å². The van der Waals surface area contributed by atoms with Crippen molar-refractivity contribution < 1.29 is 0 Å². The summed E-state index contributed by atoms with van der Waals surface area (Å²) in [6.07, 6.45) is 0. The number of nitrogens with zero attached hydrogens (tertiary/aromatic N) is 1. The van der Waals surface area contributed by atoms with Crippen LogP contribution in [0.5, 0.6) is 0 Å². The average Bonchev–Trinajstić information content (AvgIpc) is 3.26. The molecular formula is C30H20BrNS. The van der Waals surface area contributed by atoms with Crippen molar-refractivity contribution >= 4 is 64.5 Å². The first kappa shape index (κ1) is 20.2. The molecule has 0 fully saturated rings. The van der Waals surface area contributed by atoms with Gasteiger partial charge in [0.25, 0.3) is 0 Å². The minimum Gasteiger partial charge on any atom is -0.311 e. The maximum Gasteiger partial charge on any atom is 0.0462 e. The number of para-hydroxylation sites is 1. The molecule has 0 amide bonds. The summed E-state index contributed by atoms with van der Waals surface area (Å²) < 4.78 is 3.76. The van der Waals surface area contributed by atoms with E-state index in [4.69, 9.17) is 0 Å². The van der Waals surface area contributed by atoms with Gasteiger partial charge in [0.2, 0.25) is 0 Å². The second-order valence-electron chi connectivity index (χ2n) is 7.97. The van der Waals surface area contributed by atoms with E-state index in [0.717, 1.165) is 21.5 Å². The molecular weight excluding hydrogens is 486 g/mol. The number of fused-ring (bicyclic) bond motifs is 3.